The van der Waals surface area contributed by atoms with E-state index in [2.05, 4.69) is 5.32 Å². The Kier molecular flexibility index (Phi) is 5.25. The predicted molar refractivity (Wildman–Crippen MR) is 71.1 cm³/mol. The summed E-state index contributed by atoms with van der Waals surface area (Å²) in [5.74, 6) is -0.272. The minimum atomic E-state index is -0.525. The van der Waals surface area contributed by atoms with Gasteiger partial charge in [-0.05, 0) is 12.5 Å². The summed E-state index contributed by atoms with van der Waals surface area (Å²) in [5.41, 5.74) is 5.79. The molecule has 0 bridgehead atoms. The Labute approximate surface area is 110 Å². The number of nitrogens with two attached hydrogens (primary N) is 1. The second-order valence-electron chi connectivity index (χ2n) is 3.97. The standard InChI is InChI=1S/C12H17N3O4/c1-3-8(7-13)12(16)14-10-5-4-9(15(17)18)6-11(10)19-2/h4-6,8H,3,7,13H2,1-2H3,(H,14,16). The number of rotatable bonds is 6. The van der Waals surface area contributed by atoms with Gasteiger partial charge in [-0.25, -0.2) is 0 Å². The zero-order valence-corrected chi connectivity index (χ0v) is 10.9. The zero-order valence-electron chi connectivity index (χ0n) is 10.9. The quantitative estimate of drug-likeness (QED) is 0.600. The van der Waals surface area contributed by atoms with Gasteiger partial charge in [-0.15, -0.1) is 0 Å². The molecule has 0 saturated heterocycles. The molecule has 104 valence electrons. The highest BCUT2D eigenvalue weighted by atomic mass is 16.6. The van der Waals surface area contributed by atoms with Crippen molar-refractivity contribution in [1.82, 2.24) is 0 Å². The first-order chi connectivity index (χ1) is 9.03. The lowest BCUT2D eigenvalue weighted by atomic mass is 10.1. The van der Waals surface area contributed by atoms with Gasteiger partial charge in [0.05, 0.1) is 29.7 Å². The Morgan fingerprint density at radius 3 is 2.74 bits per heavy atom. The number of hydrogen-bond acceptors (Lipinski definition) is 5. The minimum absolute atomic E-state index is 0.0966. The third-order valence-electron chi connectivity index (χ3n) is 2.80. The third kappa shape index (κ3) is 3.65. The van der Waals surface area contributed by atoms with E-state index in [1.807, 2.05) is 6.92 Å². The first-order valence-corrected chi connectivity index (χ1v) is 5.86. The molecule has 0 heterocycles. The van der Waals surface area contributed by atoms with E-state index < -0.39 is 4.92 Å². The first-order valence-electron chi connectivity index (χ1n) is 5.86. The van der Waals surface area contributed by atoms with Gasteiger partial charge in [0, 0.05) is 12.6 Å². The zero-order chi connectivity index (χ0) is 14.4. The normalized spacial score (nSPS) is 11.7. The van der Waals surface area contributed by atoms with Crippen LogP contribution in [0.2, 0.25) is 0 Å². The van der Waals surface area contributed by atoms with Crippen LogP contribution in [0.25, 0.3) is 0 Å². The lowest BCUT2D eigenvalue weighted by Crippen LogP contribution is -2.28. The Hall–Kier alpha value is -2.15. The molecule has 1 amide bonds. The highest BCUT2D eigenvalue weighted by molar-refractivity contribution is 5.94. The number of non-ortho nitro benzene ring substituents is 1. The summed E-state index contributed by atoms with van der Waals surface area (Å²) in [6, 6.07) is 4.01. The number of nitro groups is 1. The van der Waals surface area contributed by atoms with E-state index in [0.717, 1.165) is 0 Å². The maximum Gasteiger partial charge on any atom is 0.273 e. The van der Waals surface area contributed by atoms with Gasteiger partial charge in [-0.3, -0.25) is 14.9 Å². The van der Waals surface area contributed by atoms with Crippen molar-refractivity contribution < 1.29 is 14.5 Å². The fourth-order valence-electron chi connectivity index (χ4n) is 1.59. The number of benzene rings is 1. The van der Waals surface area contributed by atoms with Gasteiger partial charge < -0.3 is 15.8 Å². The summed E-state index contributed by atoms with van der Waals surface area (Å²) >= 11 is 0. The van der Waals surface area contributed by atoms with E-state index >= 15 is 0 Å². The van der Waals surface area contributed by atoms with Crippen molar-refractivity contribution >= 4 is 17.3 Å². The number of nitro benzene ring substituents is 1. The average Bonchev–Trinajstić information content (AvgIpc) is 2.40. The lowest BCUT2D eigenvalue weighted by molar-refractivity contribution is -0.384. The van der Waals surface area contributed by atoms with Gasteiger partial charge in [-0.1, -0.05) is 6.92 Å². The summed E-state index contributed by atoms with van der Waals surface area (Å²) in [6.45, 7) is 2.11. The van der Waals surface area contributed by atoms with Crippen LogP contribution in [0.3, 0.4) is 0 Å². The van der Waals surface area contributed by atoms with E-state index in [0.29, 0.717) is 12.1 Å². The van der Waals surface area contributed by atoms with Gasteiger partial charge in [0.25, 0.3) is 5.69 Å². The fourth-order valence-corrected chi connectivity index (χ4v) is 1.59. The fraction of sp³-hybridized carbons (Fsp3) is 0.417. The number of amides is 1. The molecule has 7 heteroatoms. The SMILES string of the molecule is CCC(CN)C(=O)Nc1ccc([N+](=O)[O-])cc1OC. The Morgan fingerprint density at radius 2 is 2.26 bits per heavy atom. The van der Waals surface area contributed by atoms with Crippen LogP contribution >= 0.6 is 0 Å². The topological polar surface area (TPSA) is 107 Å². The number of nitrogens with zero attached hydrogens (tertiary/aromatic N) is 1. The minimum Gasteiger partial charge on any atom is -0.494 e. The molecule has 0 fully saturated rings. The van der Waals surface area contributed by atoms with E-state index in [1.165, 1.54) is 25.3 Å². The second-order valence-corrected chi connectivity index (χ2v) is 3.97. The molecule has 1 unspecified atom stereocenters. The van der Waals surface area contributed by atoms with Gasteiger partial charge in [0.2, 0.25) is 5.91 Å². The summed E-state index contributed by atoms with van der Waals surface area (Å²) < 4.78 is 5.03. The van der Waals surface area contributed by atoms with Crippen molar-refractivity contribution in [2.75, 3.05) is 19.0 Å². The molecule has 7 nitrogen and oxygen atoms in total. The highest BCUT2D eigenvalue weighted by Crippen LogP contribution is 2.29. The van der Waals surface area contributed by atoms with E-state index in [-0.39, 0.29) is 29.8 Å². The molecule has 1 atom stereocenters. The van der Waals surface area contributed by atoms with Gasteiger partial charge in [0.1, 0.15) is 5.75 Å². The molecule has 1 aromatic carbocycles. The van der Waals surface area contributed by atoms with E-state index in [4.69, 9.17) is 10.5 Å². The molecule has 0 aromatic heterocycles. The average molecular weight is 267 g/mol. The number of carbonyl (C=O) groups excluding carboxylic acids is 1. The maximum absolute atomic E-state index is 11.9. The van der Waals surface area contributed by atoms with Gasteiger partial charge in [0.15, 0.2) is 0 Å². The van der Waals surface area contributed by atoms with Gasteiger partial charge in [-0.2, -0.15) is 0 Å². The van der Waals surface area contributed by atoms with E-state index in [9.17, 15) is 14.9 Å². The number of ether oxygens (including phenoxy) is 1. The van der Waals surface area contributed by atoms with Crippen molar-refractivity contribution in [3.05, 3.63) is 28.3 Å². The molecule has 0 aliphatic rings. The van der Waals surface area contributed by atoms with Crippen LogP contribution < -0.4 is 15.8 Å². The van der Waals surface area contributed by atoms with Gasteiger partial charge >= 0.3 is 0 Å². The maximum atomic E-state index is 11.9. The second kappa shape index (κ2) is 6.69. The number of nitrogens with one attached hydrogen (secondary N) is 1. The molecular formula is C12H17N3O4. The summed E-state index contributed by atoms with van der Waals surface area (Å²) in [7, 11) is 1.38. The molecule has 0 aliphatic carbocycles. The molecule has 1 rings (SSSR count). The number of carbonyl (C=O) groups is 1. The van der Waals surface area contributed by atoms with Crippen LogP contribution in [0.5, 0.6) is 5.75 Å². The third-order valence-corrected chi connectivity index (χ3v) is 2.80. The van der Waals surface area contributed by atoms with Crippen LogP contribution in [-0.4, -0.2) is 24.5 Å². The number of anilines is 1. The molecule has 0 saturated carbocycles. The summed E-state index contributed by atoms with van der Waals surface area (Å²) in [5, 5.41) is 13.3. The lowest BCUT2D eigenvalue weighted by Gasteiger charge is -2.14. The summed E-state index contributed by atoms with van der Waals surface area (Å²) in [6.07, 6.45) is 0.623. The van der Waals surface area contributed by atoms with Crippen molar-refractivity contribution in [1.29, 1.82) is 0 Å². The Morgan fingerprint density at radius 1 is 1.58 bits per heavy atom. The highest BCUT2D eigenvalue weighted by Gasteiger charge is 2.18. The van der Waals surface area contributed by atoms with Crippen LogP contribution in [0.4, 0.5) is 11.4 Å². The van der Waals surface area contributed by atoms with Crippen molar-refractivity contribution in [2.45, 2.75) is 13.3 Å². The molecular weight excluding hydrogens is 250 g/mol. The van der Waals surface area contributed by atoms with Crippen LogP contribution in [0, 0.1) is 16.0 Å². The molecule has 0 aliphatic heterocycles. The smallest absolute Gasteiger partial charge is 0.273 e. The molecule has 3 N–H and O–H groups in total. The van der Waals surface area contributed by atoms with E-state index in [1.54, 1.807) is 0 Å². The van der Waals surface area contributed by atoms with Crippen molar-refractivity contribution in [3.8, 4) is 5.75 Å². The van der Waals surface area contributed by atoms with Crippen molar-refractivity contribution in [2.24, 2.45) is 11.7 Å². The molecule has 19 heavy (non-hydrogen) atoms. The largest absolute Gasteiger partial charge is 0.494 e. The van der Waals surface area contributed by atoms with Crippen LogP contribution in [0.1, 0.15) is 13.3 Å². The number of hydrogen-bond donors (Lipinski definition) is 2. The van der Waals surface area contributed by atoms with Crippen LogP contribution in [0.15, 0.2) is 18.2 Å². The molecule has 0 spiro atoms. The monoisotopic (exact) mass is 267 g/mol. The Bertz CT molecular complexity index is 472. The Balaban J connectivity index is 2.95. The number of methoxy groups -OCH3 is 1. The van der Waals surface area contributed by atoms with Crippen molar-refractivity contribution in [3.63, 3.8) is 0 Å². The summed E-state index contributed by atoms with van der Waals surface area (Å²) in [4.78, 5) is 22.0. The predicted octanol–water partition coefficient (Wildman–Crippen LogP) is 1.53. The molecule has 1 aromatic rings. The van der Waals surface area contributed by atoms with Crippen LogP contribution in [-0.2, 0) is 4.79 Å². The molecule has 0 radical (unpaired) electrons. The first kappa shape index (κ1) is 14.9.